The molecule has 2 unspecified atom stereocenters. The molecule has 1 aromatic rings. The van der Waals surface area contributed by atoms with Crippen LogP contribution in [-0.4, -0.2) is 34.1 Å². The minimum atomic E-state index is 0.0937. The van der Waals surface area contributed by atoms with E-state index in [9.17, 15) is 0 Å². The monoisotopic (exact) mass is 250 g/mol. The van der Waals surface area contributed by atoms with Crippen LogP contribution in [0.5, 0.6) is 0 Å². The molecule has 1 fully saturated rings. The first kappa shape index (κ1) is 13.6. The lowest BCUT2D eigenvalue weighted by Gasteiger charge is -2.20. The molecule has 0 aromatic carbocycles. The molecule has 2 N–H and O–H groups in total. The minimum absolute atomic E-state index is 0.0937. The third-order valence-corrected chi connectivity index (χ3v) is 4.08. The van der Waals surface area contributed by atoms with Gasteiger partial charge in [-0.15, -0.1) is 0 Å². The van der Waals surface area contributed by atoms with E-state index in [0.717, 1.165) is 12.5 Å². The molecule has 0 aliphatic carbocycles. The predicted molar refractivity (Wildman–Crippen MR) is 74.2 cm³/mol. The van der Waals surface area contributed by atoms with Crippen LogP contribution in [0.25, 0.3) is 0 Å². The van der Waals surface area contributed by atoms with Crippen LogP contribution in [0.4, 0.5) is 0 Å². The molecule has 0 radical (unpaired) electrons. The Bertz CT molecular complexity index is 372. The van der Waals surface area contributed by atoms with Gasteiger partial charge in [-0.05, 0) is 31.3 Å². The quantitative estimate of drug-likeness (QED) is 0.868. The maximum atomic E-state index is 6.24. The Morgan fingerprint density at radius 2 is 2.28 bits per heavy atom. The van der Waals surface area contributed by atoms with Gasteiger partial charge in [0.1, 0.15) is 0 Å². The highest BCUT2D eigenvalue weighted by atomic mass is 15.2. The van der Waals surface area contributed by atoms with Crippen molar-refractivity contribution in [2.75, 3.05) is 19.6 Å². The van der Waals surface area contributed by atoms with Gasteiger partial charge in [0.2, 0.25) is 0 Å². The van der Waals surface area contributed by atoms with E-state index >= 15 is 0 Å². The van der Waals surface area contributed by atoms with E-state index < -0.39 is 0 Å². The van der Waals surface area contributed by atoms with Crippen LogP contribution in [0.2, 0.25) is 0 Å². The zero-order valence-electron chi connectivity index (χ0n) is 11.8. The van der Waals surface area contributed by atoms with Crippen molar-refractivity contribution in [2.24, 2.45) is 17.6 Å². The van der Waals surface area contributed by atoms with Gasteiger partial charge in [-0.3, -0.25) is 0 Å². The zero-order chi connectivity index (χ0) is 13.1. The maximum Gasteiger partial charge on any atom is 0.0948 e. The second kappa shape index (κ2) is 5.85. The van der Waals surface area contributed by atoms with Gasteiger partial charge in [0.05, 0.1) is 12.0 Å². The largest absolute Gasteiger partial charge is 0.333 e. The smallest absolute Gasteiger partial charge is 0.0948 e. The number of rotatable bonds is 5. The number of imidazole rings is 1. The summed E-state index contributed by atoms with van der Waals surface area (Å²) in [5, 5.41) is 0. The van der Waals surface area contributed by atoms with E-state index in [1.54, 1.807) is 0 Å². The summed E-state index contributed by atoms with van der Waals surface area (Å²) >= 11 is 0. The maximum absolute atomic E-state index is 6.24. The minimum Gasteiger partial charge on any atom is -0.333 e. The van der Waals surface area contributed by atoms with E-state index in [4.69, 9.17) is 5.73 Å². The van der Waals surface area contributed by atoms with Crippen LogP contribution in [0.15, 0.2) is 12.5 Å². The second-order valence-corrected chi connectivity index (χ2v) is 5.79. The van der Waals surface area contributed by atoms with Crippen LogP contribution in [-0.2, 0) is 6.54 Å². The van der Waals surface area contributed by atoms with Crippen LogP contribution in [0.1, 0.15) is 38.9 Å². The normalized spacial score (nSPS) is 22.8. The average molecular weight is 250 g/mol. The molecule has 4 nitrogen and oxygen atoms in total. The molecule has 1 aliphatic heterocycles. The third-order valence-electron chi connectivity index (χ3n) is 4.08. The molecule has 1 aromatic heterocycles. The number of likely N-dealkylation sites (tertiary alicyclic amines) is 1. The van der Waals surface area contributed by atoms with Gasteiger partial charge in [0.15, 0.2) is 0 Å². The lowest BCUT2D eigenvalue weighted by atomic mass is 10.0. The lowest BCUT2D eigenvalue weighted by Crippen LogP contribution is -2.24. The van der Waals surface area contributed by atoms with Crippen molar-refractivity contribution in [2.45, 2.75) is 39.8 Å². The second-order valence-electron chi connectivity index (χ2n) is 5.79. The summed E-state index contributed by atoms with van der Waals surface area (Å²) in [7, 11) is 0. The van der Waals surface area contributed by atoms with Gasteiger partial charge < -0.3 is 15.2 Å². The molecule has 1 saturated heterocycles. The molecule has 4 heteroatoms. The molecule has 2 rings (SSSR count). The predicted octanol–water partition coefficient (Wildman–Crippen LogP) is 1.88. The van der Waals surface area contributed by atoms with Crippen LogP contribution < -0.4 is 5.73 Å². The van der Waals surface area contributed by atoms with E-state index in [2.05, 4.69) is 35.2 Å². The first-order chi connectivity index (χ1) is 8.61. The summed E-state index contributed by atoms with van der Waals surface area (Å²) in [6.45, 7) is 11.2. The summed E-state index contributed by atoms with van der Waals surface area (Å²) < 4.78 is 2.26. The van der Waals surface area contributed by atoms with Gasteiger partial charge >= 0.3 is 0 Å². The molecule has 0 saturated carbocycles. The zero-order valence-corrected chi connectivity index (χ0v) is 11.8. The molecule has 2 heterocycles. The first-order valence-electron chi connectivity index (χ1n) is 7.09. The summed E-state index contributed by atoms with van der Waals surface area (Å²) in [5.74, 6) is 1.20. The van der Waals surface area contributed by atoms with E-state index in [1.807, 2.05) is 12.5 Å². The average Bonchev–Trinajstić information content (AvgIpc) is 2.97. The molecule has 1 aliphatic rings. The number of nitrogens with two attached hydrogens (primary N) is 1. The standard InChI is InChI=1S/C14H26N4/c1-4-17-6-5-12(8-17)9-18-10-16-7-13(18)14(15)11(2)3/h7,10-12,14H,4-6,8-9,15H2,1-3H3. The molecule has 0 amide bonds. The molecule has 0 spiro atoms. The number of hydrogen-bond donors (Lipinski definition) is 1. The van der Waals surface area contributed by atoms with E-state index in [-0.39, 0.29) is 6.04 Å². The van der Waals surface area contributed by atoms with Gasteiger partial charge in [-0.2, -0.15) is 0 Å². The van der Waals surface area contributed by atoms with E-state index in [1.165, 1.54) is 31.7 Å². The van der Waals surface area contributed by atoms with E-state index in [0.29, 0.717) is 5.92 Å². The Morgan fingerprint density at radius 3 is 2.89 bits per heavy atom. The van der Waals surface area contributed by atoms with Crippen molar-refractivity contribution in [3.63, 3.8) is 0 Å². The number of nitrogens with zero attached hydrogens (tertiary/aromatic N) is 3. The molecular weight excluding hydrogens is 224 g/mol. The Hall–Kier alpha value is -0.870. The summed E-state index contributed by atoms with van der Waals surface area (Å²) in [6, 6.07) is 0.0937. The van der Waals surface area contributed by atoms with Crippen molar-refractivity contribution >= 4 is 0 Å². The summed E-state index contributed by atoms with van der Waals surface area (Å²) in [6.07, 6.45) is 5.16. The topological polar surface area (TPSA) is 47.1 Å². The van der Waals surface area contributed by atoms with Crippen LogP contribution >= 0.6 is 0 Å². The van der Waals surface area contributed by atoms with Gasteiger partial charge in [0.25, 0.3) is 0 Å². The summed E-state index contributed by atoms with van der Waals surface area (Å²) in [4.78, 5) is 6.79. The highest BCUT2D eigenvalue weighted by molar-refractivity contribution is 5.05. The first-order valence-corrected chi connectivity index (χ1v) is 7.09. The molecule has 0 bridgehead atoms. The SMILES string of the molecule is CCN1CCC(Cn2cncc2C(N)C(C)C)C1. The van der Waals surface area contributed by atoms with Crippen molar-refractivity contribution < 1.29 is 0 Å². The Balaban J connectivity index is 2.00. The van der Waals surface area contributed by atoms with Crippen molar-refractivity contribution in [3.8, 4) is 0 Å². The van der Waals surface area contributed by atoms with Crippen molar-refractivity contribution in [1.82, 2.24) is 14.5 Å². The Morgan fingerprint density at radius 1 is 1.50 bits per heavy atom. The molecule has 102 valence electrons. The fourth-order valence-electron chi connectivity index (χ4n) is 2.73. The Kier molecular flexibility index (Phi) is 4.40. The Labute approximate surface area is 110 Å². The van der Waals surface area contributed by atoms with Crippen molar-refractivity contribution in [3.05, 3.63) is 18.2 Å². The van der Waals surface area contributed by atoms with Crippen LogP contribution in [0.3, 0.4) is 0 Å². The number of aromatic nitrogens is 2. The fraction of sp³-hybridized carbons (Fsp3) is 0.786. The lowest BCUT2D eigenvalue weighted by molar-refractivity contribution is 0.330. The fourth-order valence-corrected chi connectivity index (χ4v) is 2.73. The van der Waals surface area contributed by atoms with Gasteiger partial charge in [-0.1, -0.05) is 20.8 Å². The van der Waals surface area contributed by atoms with Crippen molar-refractivity contribution in [1.29, 1.82) is 0 Å². The molecule has 18 heavy (non-hydrogen) atoms. The highest BCUT2D eigenvalue weighted by Gasteiger charge is 2.23. The third kappa shape index (κ3) is 2.93. The molecule has 2 atom stereocenters. The molecular formula is C14H26N4. The van der Waals surface area contributed by atoms with Gasteiger partial charge in [-0.25, -0.2) is 4.98 Å². The highest BCUT2D eigenvalue weighted by Crippen LogP contribution is 2.22. The number of hydrogen-bond acceptors (Lipinski definition) is 3. The van der Waals surface area contributed by atoms with Gasteiger partial charge in [0, 0.05) is 25.3 Å². The van der Waals surface area contributed by atoms with Crippen LogP contribution in [0, 0.1) is 11.8 Å². The summed E-state index contributed by atoms with van der Waals surface area (Å²) in [5.41, 5.74) is 7.42.